The van der Waals surface area contributed by atoms with Gasteiger partial charge in [0.2, 0.25) is 0 Å². The van der Waals surface area contributed by atoms with Gasteiger partial charge in [0, 0.05) is 20.1 Å². The van der Waals surface area contributed by atoms with Gasteiger partial charge in [-0.2, -0.15) is 0 Å². The van der Waals surface area contributed by atoms with Crippen molar-refractivity contribution in [2.45, 2.75) is 13.3 Å². The Morgan fingerprint density at radius 3 is 2.00 bits per heavy atom. The van der Waals surface area contributed by atoms with Crippen LogP contribution in [0, 0.1) is 0 Å². The topological polar surface area (TPSA) is 49.8 Å². The highest BCUT2D eigenvalue weighted by molar-refractivity contribution is 5.66. The first kappa shape index (κ1) is 13.9. The minimum absolute atomic E-state index is 0.222. The Labute approximate surface area is 74.1 Å². The van der Waals surface area contributed by atoms with Crippen LogP contribution in [0.15, 0.2) is 0 Å². The first-order valence-corrected chi connectivity index (χ1v) is 3.90. The lowest BCUT2D eigenvalue weighted by molar-refractivity contribution is -0.136. The van der Waals surface area contributed by atoms with E-state index in [0.29, 0.717) is 0 Å². The summed E-state index contributed by atoms with van der Waals surface area (Å²) in [5.41, 5.74) is 0. The van der Waals surface area contributed by atoms with Crippen molar-refractivity contribution in [1.82, 2.24) is 4.90 Å². The molecule has 0 atom stereocenters. The molecule has 1 N–H and O–H groups in total. The molecule has 4 nitrogen and oxygen atoms in total. The van der Waals surface area contributed by atoms with Crippen molar-refractivity contribution in [3.8, 4) is 0 Å². The quantitative estimate of drug-likeness (QED) is 0.686. The fourth-order valence-corrected chi connectivity index (χ4v) is 0.274. The molecule has 4 heteroatoms. The van der Waals surface area contributed by atoms with Crippen molar-refractivity contribution < 1.29 is 14.6 Å². The maximum Gasteiger partial charge on any atom is 0.303 e. The number of nitrogens with zero attached hydrogens (tertiary/aromatic N) is 1. The van der Waals surface area contributed by atoms with E-state index in [1.165, 1.54) is 0 Å². The summed E-state index contributed by atoms with van der Waals surface area (Å²) in [4.78, 5) is 11.5. The van der Waals surface area contributed by atoms with Gasteiger partial charge in [-0.05, 0) is 14.1 Å². The second-order valence-electron chi connectivity index (χ2n) is 2.54. The van der Waals surface area contributed by atoms with E-state index in [1.54, 1.807) is 14.0 Å². The van der Waals surface area contributed by atoms with Gasteiger partial charge in [-0.1, -0.05) is 6.92 Å². The number of ether oxygens (including phenoxy) is 1. The van der Waals surface area contributed by atoms with Gasteiger partial charge in [0.15, 0.2) is 0 Å². The van der Waals surface area contributed by atoms with Crippen LogP contribution in [0.1, 0.15) is 13.3 Å². The third-order valence-electron chi connectivity index (χ3n) is 1.05. The average Bonchev–Trinajstić information content (AvgIpc) is 2.02. The first-order chi connectivity index (χ1) is 5.54. The van der Waals surface area contributed by atoms with Crippen LogP contribution in [0.5, 0.6) is 0 Å². The van der Waals surface area contributed by atoms with Crippen LogP contribution < -0.4 is 0 Å². The maximum absolute atomic E-state index is 9.37. The van der Waals surface area contributed by atoms with Crippen molar-refractivity contribution in [3.63, 3.8) is 0 Å². The van der Waals surface area contributed by atoms with Crippen LogP contribution in [0.25, 0.3) is 0 Å². The summed E-state index contributed by atoms with van der Waals surface area (Å²) in [7, 11) is 5.77. The lowest BCUT2D eigenvalue weighted by atomic mass is 10.5. The molecule has 12 heavy (non-hydrogen) atoms. The molecule has 0 fully saturated rings. The maximum atomic E-state index is 9.37. The molecule has 0 aromatic heterocycles. The van der Waals surface area contributed by atoms with Crippen LogP contribution >= 0.6 is 0 Å². The number of hydrogen-bond acceptors (Lipinski definition) is 3. The molecule has 0 unspecified atom stereocenters. The molecule has 0 aliphatic rings. The fourth-order valence-electron chi connectivity index (χ4n) is 0.274. The van der Waals surface area contributed by atoms with Gasteiger partial charge in [0.25, 0.3) is 0 Å². The summed E-state index contributed by atoms with van der Waals surface area (Å²) < 4.78 is 4.81. The van der Waals surface area contributed by atoms with E-state index in [0.717, 1.165) is 13.2 Å². The Hall–Kier alpha value is -0.610. The van der Waals surface area contributed by atoms with E-state index in [-0.39, 0.29) is 6.42 Å². The molecule has 0 rings (SSSR count). The van der Waals surface area contributed by atoms with Gasteiger partial charge in [-0.3, -0.25) is 4.79 Å². The Morgan fingerprint density at radius 1 is 1.50 bits per heavy atom. The van der Waals surface area contributed by atoms with Crippen LogP contribution in [0.2, 0.25) is 0 Å². The van der Waals surface area contributed by atoms with Crippen molar-refractivity contribution >= 4 is 5.97 Å². The van der Waals surface area contributed by atoms with Crippen molar-refractivity contribution in [2.75, 3.05) is 34.4 Å². The minimum atomic E-state index is -0.745. The number of methoxy groups -OCH3 is 1. The largest absolute Gasteiger partial charge is 0.481 e. The highest BCUT2D eigenvalue weighted by Crippen LogP contribution is 1.71. The van der Waals surface area contributed by atoms with Gasteiger partial charge in [-0.15, -0.1) is 0 Å². The molecule has 0 aliphatic carbocycles. The monoisotopic (exact) mass is 177 g/mol. The molecule has 0 bridgehead atoms. The summed E-state index contributed by atoms with van der Waals surface area (Å²) in [5, 5.41) is 7.72. The Bertz CT molecular complexity index is 104. The summed E-state index contributed by atoms with van der Waals surface area (Å²) in [5.74, 6) is -0.745. The Balaban J connectivity index is 0. The molecule has 0 heterocycles. The highest BCUT2D eigenvalue weighted by Gasteiger charge is 1.83. The zero-order chi connectivity index (χ0) is 9.98. The second-order valence-corrected chi connectivity index (χ2v) is 2.54. The van der Waals surface area contributed by atoms with Gasteiger partial charge >= 0.3 is 5.97 Å². The lowest BCUT2D eigenvalue weighted by Gasteiger charge is -2.06. The number of carboxylic acid groups (broad SMARTS) is 1. The van der Waals surface area contributed by atoms with Crippen LogP contribution in [0.3, 0.4) is 0 Å². The number of aliphatic carboxylic acids is 1. The molecule has 0 aromatic rings. The molecule has 0 aromatic carbocycles. The van der Waals surface area contributed by atoms with Crippen molar-refractivity contribution in [1.29, 1.82) is 0 Å². The van der Waals surface area contributed by atoms with E-state index < -0.39 is 5.97 Å². The van der Waals surface area contributed by atoms with E-state index >= 15 is 0 Å². The third kappa shape index (κ3) is 22.8. The molecule has 0 amide bonds. The third-order valence-corrected chi connectivity index (χ3v) is 1.05. The number of carbonyl (C=O) groups is 1. The number of rotatable bonds is 4. The Kier molecular flexibility index (Phi) is 12.1. The SMILES string of the molecule is CCC(=O)O.COCCN(C)C. The molecule has 0 radical (unpaired) electrons. The van der Waals surface area contributed by atoms with E-state index in [1.807, 2.05) is 14.1 Å². The Morgan fingerprint density at radius 2 is 1.92 bits per heavy atom. The predicted octanol–water partition coefficient (Wildman–Crippen LogP) is 0.675. The van der Waals surface area contributed by atoms with Crippen LogP contribution in [0.4, 0.5) is 0 Å². The number of likely N-dealkylation sites (N-methyl/N-ethyl adjacent to an activating group) is 1. The minimum Gasteiger partial charge on any atom is -0.481 e. The summed E-state index contributed by atoms with van der Waals surface area (Å²) >= 11 is 0. The molecular weight excluding hydrogens is 158 g/mol. The smallest absolute Gasteiger partial charge is 0.303 e. The summed E-state index contributed by atoms with van der Waals surface area (Å²) in [6.07, 6.45) is 0.222. The van der Waals surface area contributed by atoms with Crippen LogP contribution in [-0.2, 0) is 9.53 Å². The number of hydrogen-bond donors (Lipinski definition) is 1. The van der Waals surface area contributed by atoms with Gasteiger partial charge in [-0.25, -0.2) is 0 Å². The van der Waals surface area contributed by atoms with Crippen LogP contribution in [-0.4, -0.2) is 50.3 Å². The van der Waals surface area contributed by atoms with Gasteiger partial charge in [0.05, 0.1) is 6.61 Å². The summed E-state index contributed by atoms with van der Waals surface area (Å²) in [6, 6.07) is 0. The van der Waals surface area contributed by atoms with E-state index in [9.17, 15) is 4.79 Å². The van der Waals surface area contributed by atoms with Crippen molar-refractivity contribution in [3.05, 3.63) is 0 Å². The highest BCUT2D eigenvalue weighted by atomic mass is 16.5. The summed E-state index contributed by atoms with van der Waals surface area (Å²) in [6.45, 7) is 3.44. The predicted molar refractivity (Wildman–Crippen MR) is 48.4 cm³/mol. The van der Waals surface area contributed by atoms with E-state index in [4.69, 9.17) is 9.84 Å². The fraction of sp³-hybridized carbons (Fsp3) is 0.875. The zero-order valence-corrected chi connectivity index (χ0v) is 8.33. The van der Waals surface area contributed by atoms with Crippen molar-refractivity contribution in [2.24, 2.45) is 0 Å². The zero-order valence-electron chi connectivity index (χ0n) is 8.33. The normalized spacial score (nSPS) is 9.08. The average molecular weight is 177 g/mol. The lowest BCUT2D eigenvalue weighted by Crippen LogP contribution is -2.16. The molecule has 0 saturated carbocycles. The molecule has 0 spiro atoms. The van der Waals surface area contributed by atoms with E-state index in [2.05, 4.69) is 4.90 Å². The molecular formula is C8H19NO3. The first-order valence-electron chi connectivity index (χ1n) is 3.90. The molecule has 0 aliphatic heterocycles. The van der Waals surface area contributed by atoms with Gasteiger partial charge < -0.3 is 14.7 Å². The second kappa shape index (κ2) is 10.4. The van der Waals surface area contributed by atoms with Gasteiger partial charge in [0.1, 0.15) is 0 Å². The standard InChI is InChI=1S/C5H13NO.C3H6O2/c1-6(2)4-5-7-3;1-2-3(4)5/h4-5H2,1-3H3;2H2,1H3,(H,4,5). The molecule has 74 valence electrons. The molecule has 0 saturated heterocycles. The number of carboxylic acids is 1.